The van der Waals surface area contributed by atoms with Crippen LogP contribution in [0, 0.1) is 16.7 Å². The first kappa shape index (κ1) is 12.7. The third-order valence-electron chi connectivity index (χ3n) is 4.58. The largest absolute Gasteiger partial charge is 0.444 e. The minimum atomic E-state index is -0.144. The van der Waals surface area contributed by atoms with Crippen molar-refractivity contribution in [2.75, 3.05) is 6.54 Å². The number of carbonyl (C=O) groups is 1. The molecule has 3 nitrogen and oxygen atoms in total. The summed E-state index contributed by atoms with van der Waals surface area (Å²) >= 11 is 3.18. The number of halogens is 1. The van der Waals surface area contributed by atoms with Gasteiger partial charge in [-0.1, -0.05) is 27.7 Å². The summed E-state index contributed by atoms with van der Waals surface area (Å²) in [6.07, 6.45) is 0. The van der Waals surface area contributed by atoms with Gasteiger partial charge in [-0.15, -0.1) is 0 Å². The van der Waals surface area contributed by atoms with Gasteiger partial charge in [-0.3, -0.25) is 4.79 Å². The smallest absolute Gasteiger partial charge is 0.287 e. The van der Waals surface area contributed by atoms with Crippen molar-refractivity contribution in [1.29, 1.82) is 0 Å². The average Bonchev–Trinajstić information content (AvgIpc) is 2.55. The van der Waals surface area contributed by atoms with Gasteiger partial charge >= 0.3 is 0 Å². The number of hydrogen-bond acceptors (Lipinski definition) is 2. The maximum atomic E-state index is 11.8. The van der Waals surface area contributed by atoms with Crippen molar-refractivity contribution in [2.24, 2.45) is 16.7 Å². The molecule has 1 aliphatic carbocycles. The monoisotopic (exact) mass is 299 g/mol. The zero-order valence-electron chi connectivity index (χ0n) is 10.6. The van der Waals surface area contributed by atoms with Crippen molar-refractivity contribution in [1.82, 2.24) is 5.32 Å². The van der Waals surface area contributed by atoms with Crippen LogP contribution in [0.1, 0.15) is 38.2 Å². The van der Waals surface area contributed by atoms with E-state index in [1.165, 1.54) is 0 Å². The molecule has 4 heteroatoms. The SMILES string of the molecule is CC1(C)C(CNC(=O)c2ccc(Br)o2)C1(C)C. The second-order valence-corrected chi connectivity index (χ2v) is 6.59. The highest BCUT2D eigenvalue weighted by Gasteiger charge is 2.64. The van der Waals surface area contributed by atoms with Gasteiger partial charge in [0, 0.05) is 6.54 Å². The summed E-state index contributed by atoms with van der Waals surface area (Å²) in [5.74, 6) is 0.736. The van der Waals surface area contributed by atoms with Gasteiger partial charge in [-0.2, -0.15) is 0 Å². The summed E-state index contributed by atoms with van der Waals surface area (Å²) in [4.78, 5) is 11.8. The zero-order chi connectivity index (χ0) is 12.8. The standard InChI is InChI=1S/C13H18BrNO2/c1-12(2)9(13(12,3)4)7-15-11(16)8-5-6-10(14)17-8/h5-6,9H,7H2,1-4H3,(H,15,16). The molecule has 0 spiro atoms. The Morgan fingerprint density at radius 3 is 2.35 bits per heavy atom. The van der Waals surface area contributed by atoms with Crippen LogP contribution >= 0.6 is 15.9 Å². The Balaban J connectivity index is 1.91. The molecule has 0 atom stereocenters. The molecule has 1 amide bonds. The molecule has 1 aromatic rings. The summed E-state index contributed by atoms with van der Waals surface area (Å²) in [5, 5.41) is 2.93. The van der Waals surface area contributed by atoms with E-state index in [0.29, 0.717) is 33.7 Å². The molecular formula is C13H18BrNO2. The van der Waals surface area contributed by atoms with E-state index in [-0.39, 0.29) is 5.91 Å². The third kappa shape index (κ3) is 2.03. The lowest BCUT2D eigenvalue weighted by molar-refractivity contribution is 0.0921. The van der Waals surface area contributed by atoms with E-state index in [1.807, 2.05) is 0 Å². The third-order valence-corrected chi connectivity index (χ3v) is 5.01. The van der Waals surface area contributed by atoms with Crippen molar-refractivity contribution in [3.63, 3.8) is 0 Å². The Morgan fingerprint density at radius 2 is 1.94 bits per heavy atom. The second-order valence-electron chi connectivity index (χ2n) is 5.81. The lowest BCUT2D eigenvalue weighted by Crippen LogP contribution is -2.26. The van der Waals surface area contributed by atoms with Crippen LogP contribution in [0.2, 0.25) is 0 Å². The van der Waals surface area contributed by atoms with Crippen LogP contribution in [0.25, 0.3) is 0 Å². The predicted molar refractivity (Wildman–Crippen MR) is 69.8 cm³/mol. The van der Waals surface area contributed by atoms with Gasteiger partial charge in [-0.05, 0) is 44.8 Å². The Labute approximate surface area is 110 Å². The lowest BCUT2D eigenvalue weighted by Gasteiger charge is -2.04. The molecule has 1 heterocycles. The van der Waals surface area contributed by atoms with Gasteiger partial charge in [0.15, 0.2) is 10.4 Å². The maximum absolute atomic E-state index is 11.8. The fourth-order valence-corrected chi connectivity index (χ4v) is 2.87. The molecule has 0 radical (unpaired) electrons. The molecular weight excluding hydrogens is 282 g/mol. The molecule has 1 aliphatic rings. The van der Waals surface area contributed by atoms with Gasteiger partial charge < -0.3 is 9.73 Å². The second kappa shape index (κ2) is 3.87. The van der Waals surface area contributed by atoms with Crippen molar-refractivity contribution < 1.29 is 9.21 Å². The quantitative estimate of drug-likeness (QED) is 0.929. The number of rotatable bonds is 3. The minimum absolute atomic E-state index is 0.144. The molecule has 0 aliphatic heterocycles. The van der Waals surface area contributed by atoms with E-state index in [1.54, 1.807) is 12.1 Å². The first-order chi connectivity index (χ1) is 7.76. The lowest BCUT2D eigenvalue weighted by atomic mass is 10.0. The topological polar surface area (TPSA) is 42.2 Å². The maximum Gasteiger partial charge on any atom is 0.287 e. The van der Waals surface area contributed by atoms with E-state index in [9.17, 15) is 4.79 Å². The fourth-order valence-electron chi connectivity index (χ4n) is 2.56. The molecule has 0 bridgehead atoms. The summed E-state index contributed by atoms with van der Waals surface area (Å²) in [6.45, 7) is 9.68. The molecule has 1 saturated carbocycles. The van der Waals surface area contributed by atoms with Gasteiger partial charge in [0.2, 0.25) is 0 Å². The number of nitrogens with one attached hydrogen (secondary N) is 1. The van der Waals surface area contributed by atoms with Gasteiger partial charge in [0.1, 0.15) is 0 Å². The van der Waals surface area contributed by atoms with Crippen LogP contribution in [-0.2, 0) is 0 Å². The molecule has 0 saturated heterocycles. The van der Waals surface area contributed by atoms with E-state index in [2.05, 4.69) is 48.9 Å². The van der Waals surface area contributed by atoms with E-state index >= 15 is 0 Å². The van der Waals surface area contributed by atoms with Gasteiger partial charge in [-0.25, -0.2) is 0 Å². The molecule has 94 valence electrons. The number of amides is 1. The average molecular weight is 300 g/mol. The highest BCUT2D eigenvalue weighted by molar-refractivity contribution is 9.10. The number of hydrogen-bond donors (Lipinski definition) is 1. The normalized spacial score (nSPS) is 21.2. The van der Waals surface area contributed by atoms with Crippen molar-refractivity contribution in [3.05, 3.63) is 22.6 Å². The summed E-state index contributed by atoms with van der Waals surface area (Å²) in [5.41, 5.74) is 0.591. The summed E-state index contributed by atoms with van der Waals surface area (Å²) in [6, 6.07) is 3.39. The molecule has 0 aromatic carbocycles. The van der Waals surface area contributed by atoms with Crippen LogP contribution in [-0.4, -0.2) is 12.5 Å². The van der Waals surface area contributed by atoms with Crippen LogP contribution in [0.4, 0.5) is 0 Å². The highest BCUT2D eigenvalue weighted by Crippen LogP contribution is 2.67. The number of carbonyl (C=O) groups excluding carboxylic acids is 1. The molecule has 2 rings (SSSR count). The molecule has 1 fully saturated rings. The highest BCUT2D eigenvalue weighted by atomic mass is 79.9. The summed E-state index contributed by atoms with van der Waals surface area (Å²) in [7, 11) is 0. The van der Waals surface area contributed by atoms with Crippen LogP contribution in [0.15, 0.2) is 21.2 Å². The first-order valence-corrected chi connectivity index (χ1v) is 6.59. The summed E-state index contributed by atoms with van der Waals surface area (Å²) < 4.78 is 5.79. The van der Waals surface area contributed by atoms with Crippen LogP contribution in [0.5, 0.6) is 0 Å². The van der Waals surface area contributed by atoms with E-state index in [4.69, 9.17) is 4.42 Å². The molecule has 1 N–H and O–H groups in total. The van der Waals surface area contributed by atoms with Crippen LogP contribution in [0.3, 0.4) is 0 Å². The molecule has 0 unspecified atom stereocenters. The predicted octanol–water partition coefficient (Wildman–Crippen LogP) is 3.45. The molecule has 17 heavy (non-hydrogen) atoms. The Morgan fingerprint density at radius 1 is 1.35 bits per heavy atom. The first-order valence-electron chi connectivity index (χ1n) is 5.80. The zero-order valence-corrected chi connectivity index (χ0v) is 12.2. The van der Waals surface area contributed by atoms with Crippen molar-refractivity contribution in [3.8, 4) is 0 Å². The van der Waals surface area contributed by atoms with E-state index in [0.717, 1.165) is 0 Å². The van der Waals surface area contributed by atoms with Crippen molar-refractivity contribution in [2.45, 2.75) is 27.7 Å². The van der Waals surface area contributed by atoms with Gasteiger partial charge in [0.05, 0.1) is 0 Å². The Bertz CT molecular complexity index is 434. The van der Waals surface area contributed by atoms with Crippen molar-refractivity contribution >= 4 is 21.8 Å². The number of furan rings is 1. The van der Waals surface area contributed by atoms with E-state index < -0.39 is 0 Å². The fraction of sp³-hybridized carbons (Fsp3) is 0.615. The molecule has 1 aromatic heterocycles. The van der Waals surface area contributed by atoms with Crippen LogP contribution < -0.4 is 5.32 Å². The van der Waals surface area contributed by atoms with Gasteiger partial charge in [0.25, 0.3) is 5.91 Å². The Hall–Kier alpha value is -0.770. The minimum Gasteiger partial charge on any atom is -0.444 e. The Kier molecular flexibility index (Phi) is 2.89.